The number of urea groups is 1. The summed E-state index contributed by atoms with van der Waals surface area (Å²) in [5.41, 5.74) is 2.79. The molecule has 8 nitrogen and oxygen atoms in total. The third-order valence-electron chi connectivity index (χ3n) is 4.63. The van der Waals surface area contributed by atoms with E-state index in [0.29, 0.717) is 29.1 Å². The smallest absolute Gasteiger partial charge is 0.354 e. The van der Waals surface area contributed by atoms with Gasteiger partial charge in [-0.1, -0.05) is 6.07 Å². The molecule has 0 radical (unpaired) electrons. The minimum atomic E-state index is -0.502. The normalized spacial score (nSPS) is 10.5. The summed E-state index contributed by atoms with van der Waals surface area (Å²) < 4.78 is 6.47. The van der Waals surface area contributed by atoms with Gasteiger partial charge in [0, 0.05) is 43.8 Å². The maximum Gasteiger partial charge on any atom is 0.354 e. The predicted octanol–water partition coefficient (Wildman–Crippen LogP) is 2.24. The number of carbonyl (C=O) groups is 3. The van der Waals surface area contributed by atoms with Crippen LogP contribution in [0.3, 0.4) is 0 Å². The summed E-state index contributed by atoms with van der Waals surface area (Å²) in [6.45, 7) is 5.88. The Morgan fingerprint density at radius 2 is 2.00 bits per heavy atom. The fourth-order valence-corrected chi connectivity index (χ4v) is 3.20. The van der Waals surface area contributed by atoms with Gasteiger partial charge in [0.2, 0.25) is 0 Å². The second-order valence-electron chi connectivity index (χ2n) is 6.46. The average molecular weight is 386 g/mol. The Morgan fingerprint density at radius 1 is 1.29 bits per heavy atom. The molecule has 1 N–H and O–H groups in total. The molecule has 8 heteroatoms. The standard InChI is InChI=1S/C20H26N4O4/c1-6-22-20(27)24(11-15-8-7-9-21-10-15)12-16(25)17-13(2)18(19(26)28-5)23(4)14(17)3/h7-10H,6,11-12H2,1-5H3,(H,22,27). The highest BCUT2D eigenvalue weighted by atomic mass is 16.5. The number of hydrogen-bond donors (Lipinski definition) is 1. The van der Waals surface area contributed by atoms with Gasteiger partial charge in [-0.3, -0.25) is 9.78 Å². The molecule has 0 aliphatic carbocycles. The number of nitrogens with zero attached hydrogens (tertiary/aromatic N) is 3. The summed E-state index contributed by atoms with van der Waals surface area (Å²) in [5, 5.41) is 2.73. The van der Waals surface area contributed by atoms with Crippen molar-refractivity contribution in [3.8, 4) is 0 Å². The number of ether oxygens (including phenoxy) is 1. The van der Waals surface area contributed by atoms with Gasteiger partial charge in [-0.2, -0.15) is 0 Å². The van der Waals surface area contributed by atoms with E-state index >= 15 is 0 Å². The van der Waals surface area contributed by atoms with Crippen LogP contribution in [-0.4, -0.2) is 52.4 Å². The highest BCUT2D eigenvalue weighted by molar-refractivity contribution is 6.04. The lowest BCUT2D eigenvalue weighted by Gasteiger charge is -2.22. The largest absolute Gasteiger partial charge is 0.464 e. The van der Waals surface area contributed by atoms with E-state index in [1.807, 2.05) is 13.0 Å². The predicted molar refractivity (Wildman–Crippen MR) is 104 cm³/mol. The number of hydrogen-bond acceptors (Lipinski definition) is 5. The fraction of sp³-hybridized carbons (Fsp3) is 0.400. The second-order valence-corrected chi connectivity index (χ2v) is 6.46. The van der Waals surface area contributed by atoms with E-state index in [2.05, 4.69) is 10.3 Å². The van der Waals surface area contributed by atoms with Crippen molar-refractivity contribution in [2.45, 2.75) is 27.3 Å². The first kappa shape index (κ1) is 21.1. The molecule has 2 heterocycles. The number of nitrogens with one attached hydrogen (secondary N) is 1. The lowest BCUT2D eigenvalue weighted by molar-refractivity contribution is 0.0588. The summed E-state index contributed by atoms with van der Waals surface area (Å²) in [6.07, 6.45) is 3.31. The van der Waals surface area contributed by atoms with Gasteiger partial charge < -0.3 is 19.5 Å². The number of rotatable bonds is 7. The molecule has 0 unspecified atom stereocenters. The summed E-state index contributed by atoms with van der Waals surface area (Å²) in [5.74, 6) is -0.742. The van der Waals surface area contributed by atoms with Crippen LogP contribution in [0.4, 0.5) is 4.79 Å². The van der Waals surface area contributed by atoms with Crippen molar-refractivity contribution in [2.75, 3.05) is 20.2 Å². The molecule has 0 aliphatic heterocycles. The van der Waals surface area contributed by atoms with Crippen molar-refractivity contribution in [3.63, 3.8) is 0 Å². The number of pyridine rings is 1. The molecule has 2 aromatic heterocycles. The Labute approximate surface area is 164 Å². The van der Waals surface area contributed by atoms with E-state index in [1.165, 1.54) is 12.0 Å². The quantitative estimate of drug-likeness (QED) is 0.582. The minimum absolute atomic E-state index is 0.118. The number of esters is 1. The third kappa shape index (κ3) is 4.39. The van der Waals surface area contributed by atoms with Gasteiger partial charge >= 0.3 is 12.0 Å². The molecule has 2 rings (SSSR count). The van der Waals surface area contributed by atoms with Crippen molar-refractivity contribution in [1.29, 1.82) is 0 Å². The van der Waals surface area contributed by atoms with Crippen LogP contribution in [0.25, 0.3) is 0 Å². The van der Waals surface area contributed by atoms with E-state index in [4.69, 9.17) is 4.74 Å². The average Bonchev–Trinajstić information content (AvgIpc) is 2.90. The van der Waals surface area contributed by atoms with Gasteiger partial charge in [0.1, 0.15) is 5.69 Å². The maximum atomic E-state index is 13.1. The number of amides is 2. The first-order chi connectivity index (χ1) is 13.3. The van der Waals surface area contributed by atoms with Gasteiger partial charge in [0.15, 0.2) is 5.78 Å². The van der Waals surface area contributed by atoms with Gasteiger partial charge in [-0.25, -0.2) is 9.59 Å². The second kappa shape index (κ2) is 9.16. The Balaban J connectivity index is 2.33. The van der Waals surface area contributed by atoms with Crippen LogP contribution in [0.1, 0.15) is 44.6 Å². The minimum Gasteiger partial charge on any atom is -0.464 e. The van der Waals surface area contributed by atoms with E-state index < -0.39 is 5.97 Å². The van der Waals surface area contributed by atoms with Crippen molar-refractivity contribution < 1.29 is 19.1 Å². The molecule has 150 valence electrons. The Hall–Kier alpha value is -3.16. The molecule has 2 aromatic rings. The topological polar surface area (TPSA) is 93.5 Å². The SMILES string of the molecule is CCNC(=O)N(CC(=O)c1c(C)c(C(=O)OC)n(C)c1C)Cc1cccnc1. The Kier molecular flexibility index (Phi) is 6.92. The molecule has 0 spiro atoms. The van der Waals surface area contributed by atoms with Crippen LogP contribution in [0, 0.1) is 13.8 Å². The summed E-state index contributed by atoms with van der Waals surface area (Å²) >= 11 is 0. The van der Waals surface area contributed by atoms with Crippen LogP contribution in [0.15, 0.2) is 24.5 Å². The molecule has 0 atom stereocenters. The van der Waals surface area contributed by atoms with E-state index in [9.17, 15) is 14.4 Å². The molecular weight excluding hydrogens is 360 g/mol. The monoisotopic (exact) mass is 386 g/mol. The highest BCUT2D eigenvalue weighted by Gasteiger charge is 2.27. The fourth-order valence-electron chi connectivity index (χ4n) is 3.20. The molecule has 0 fully saturated rings. The molecule has 0 aliphatic rings. The van der Waals surface area contributed by atoms with Gasteiger partial charge in [0.25, 0.3) is 0 Å². The van der Waals surface area contributed by atoms with Crippen LogP contribution in [0.2, 0.25) is 0 Å². The number of aromatic nitrogens is 2. The summed E-state index contributed by atoms with van der Waals surface area (Å²) in [6, 6.07) is 3.29. The lowest BCUT2D eigenvalue weighted by Crippen LogP contribution is -2.42. The third-order valence-corrected chi connectivity index (χ3v) is 4.63. The highest BCUT2D eigenvalue weighted by Crippen LogP contribution is 2.23. The van der Waals surface area contributed by atoms with Crippen LogP contribution in [0.5, 0.6) is 0 Å². The number of Topliss-reactive ketones (excluding diaryl/α,β-unsaturated/α-hetero) is 1. The first-order valence-corrected chi connectivity index (χ1v) is 9.00. The van der Waals surface area contributed by atoms with Crippen molar-refractivity contribution in [2.24, 2.45) is 7.05 Å². The van der Waals surface area contributed by atoms with Crippen LogP contribution < -0.4 is 5.32 Å². The van der Waals surface area contributed by atoms with Crippen molar-refractivity contribution in [3.05, 3.63) is 52.6 Å². The molecule has 0 saturated carbocycles. The van der Waals surface area contributed by atoms with Crippen LogP contribution >= 0.6 is 0 Å². The number of carbonyl (C=O) groups excluding carboxylic acids is 3. The molecular formula is C20H26N4O4. The van der Waals surface area contributed by atoms with E-state index in [1.54, 1.807) is 43.9 Å². The summed E-state index contributed by atoms with van der Waals surface area (Å²) in [4.78, 5) is 43.1. The van der Waals surface area contributed by atoms with Crippen molar-refractivity contribution in [1.82, 2.24) is 19.8 Å². The zero-order valence-corrected chi connectivity index (χ0v) is 16.9. The molecule has 0 aromatic carbocycles. The Morgan fingerprint density at radius 3 is 2.57 bits per heavy atom. The zero-order chi connectivity index (χ0) is 20.8. The molecule has 0 bridgehead atoms. The summed E-state index contributed by atoms with van der Waals surface area (Å²) in [7, 11) is 3.01. The van der Waals surface area contributed by atoms with Gasteiger partial charge in [-0.15, -0.1) is 0 Å². The maximum absolute atomic E-state index is 13.1. The van der Waals surface area contributed by atoms with E-state index in [0.717, 1.165) is 5.56 Å². The number of ketones is 1. The van der Waals surface area contributed by atoms with Gasteiger partial charge in [-0.05, 0) is 38.0 Å². The van der Waals surface area contributed by atoms with Gasteiger partial charge in [0.05, 0.1) is 13.7 Å². The van der Waals surface area contributed by atoms with E-state index in [-0.39, 0.29) is 24.9 Å². The first-order valence-electron chi connectivity index (χ1n) is 9.00. The molecule has 2 amide bonds. The van der Waals surface area contributed by atoms with Crippen LogP contribution in [-0.2, 0) is 18.3 Å². The number of methoxy groups -OCH3 is 1. The Bertz CT molecular complexity index is 874. The molecule has 28 heavy (non-hydrogen) atoms. The zero-order valence-electron chi connectivity index (χ0n) is 16.9. The molecule has 0 saturated heterocycles. The lowest BCUT2D eigenvalue weighted by atomic mass is 10.1. The van der Waals surface area contributed by atoms with Crippen molar-refractivity contribution >= 4 is 17.8 Å².